The van der Waals surface area contributed by atoms with Crippen molar-refractivity contribution < 1.29 is 9.45 Å². The maximum absolute atomic E-state index is 11.0. The summed E-state index contributed by atoms with van der Waals surface area (Å²) in [4.78, 5) is 14.8. The van der Waals surface area contributed by atoms with Crippen molar-refractivity contribution in [2.24, 2.45) is 11.7 Å². The third-order valence-corrected chi connectivity index (χ3v) is 3.04. The van der Waals surface area contributed by atoms with Crippen molar-refractivity contribution >= 4 is 5.69 Å². The van der Waals surface area contributed by atoms with Crippen molar-refractivity contribution in [3.63, 3.8) is 0 Å². The molecule has 0 aliphatic heterocycles. The lowest BCUT2D eigenvalue weighted by Crippen LogP contribution is -2.18. The molecule has 1 atom stereocenters. The Morgan fingerprint density at radius 3 is 2.70 bits per heavy atom. The average Bonchev–Trinajstić information content (AvgIpc) is 2.86. The van der Waals surface area contributed by atoms with Gasteiger partial charge in [-0.2, -0.15) is 4.98 Å². The van der Waals surface area contributed by atoms with Crippen LogP contribution in [0.15, 0.2) is 22.7 Å². The van der Waals surface area contributed by atoms with E-state index in [1.807, 2.05) is 20.8 Å². The van der Waals surface area contributed by atoms with Gasteiger partial charge in [-0.15, -0.1) is 0 Å². The predicted molar refractivity (Wildman–Crippen MR) is 72.9 cm³/mol. The van der Waals surface area contributed by atoms with E-state index in [-0.39, 0.29) is 23.5 Å². The summed E-state index contributed by atoms with van der Waals surface area (Å²) < 4.78 is 5.12. The molecule has 1 unspecified atom stereocenters. The van der Waals surface area contributed by atoms with Gasteiger partial charge in [-0.25, -0.2) is 0 Å². The molecule has 0 amide bonds. The van der Waals surface area contributed by atoms with Crippen molar-refractivity contribution in [1.29, 1.82) is 0 Å². The lowest BCUT2D eigenvalue weighted by molar-refractivity contribution is -0.384. The van der Waals surface area contributed by atoms with Crippen LogP contribution in [0, 0.1) is 23.0 Å². The largest absolute Gasteiger partial charge is 0.334 e. The Bertz CT molecular complexity index is 636. The van der Waals surface area contributed by atoms with Crippen molar-refractivity contribution in [2.45, 2.75) is 26.8 Å². The molecule has 1 heterocycles. The lowest BCUT2D eigenvalue weighted by Gasteiger charge is -2.09. The van der Waals surface area contributed by atoms with Gasteiger partial charge in [-0.3, -0.25) is 10.1 Å². The number of nitro benzene ring substituents is 1. The first kappa shape index (κ1) is 14.1. The molecule has 0 fully saturated rings. The Morgan fingerprint density at radius 2 is 2.10 bits per heavy atom. The van der Waals surface area contributed by atoms with Gasteiger partial charge in [0.05, 0.1) is 11.0 Å². The fraction of sp³-hybridized carbons (Fsp3) is 0.385. The monoisotopic (exact) mass is 276 g/mol. The van der Waals surface area contributed by atoms with Crippen LogP contribution in [0.4, 0.5) is 5.69 Å². The van der Waals surface area contributed by atoms with Gasteiger partial charge in [-0.1, -0.05) is 25.1 Å². The zero-order valence-corrected chi connectivity index (χ0v) is 11.5. The highest BCUT2D eigenvalue weighted by Crippen LogP contribution is 2.30. The van der Waals surface area contributed by atoms with E-state index >= 15 is 0 Å². The summed E-state index contributed by atoms with van der Waals surface area (Å²) in [6, 6.07) is 4.38. The van der Waals surface area contributed by atoms with Crippen LogP contribution >= 0.6 is 0 Å². The first-order valence-electron chi connectivity index (χ1n) is 6.24. The SMILES string of the molecule is Cc1ccc([N+](=O)[O-])c(-c2nc(C(N)C(C)C)no2)c1. The first-order valence-corrected chi connectivity index (χ1v) is 6.24. The van der Waals surface area contributed by atoms with Gasteiger partial charge in [0.1, 0.15) is 5.56 Å². The van der Waals surface area contributed by atoms with Gasteiger partial charge in [0.2, 0.25) is 0 Å². The molecule has 7 heteroatoms. The van der Waals surface area contributed by atoms with Crippen molar-refractivity contribution in [3.05, 3.63) is 39.7 Å². The van der Waals surface area contributed by atoms with Gasteiger partial charge in [0, 0.05) is 6.07 Å². The van der Waals surface area contributed by atoms with Crippen LogP contribution in [0.2, 0.25) is 0 Å². The van der Waals surface area contributed by atoms with Crippen LogP contribution in [0.25, 0.3) is 11.5 Å². The average molecular weight is 276 g/mol. The summed E-state index contributed by atoms with van der Waals surface area (Å²) in [7, 11) is 0. The van der Waals surface area contributed by atoms with Crippen LogP contribution in [0.3, 0.4) is 0 Å². The van der Waals surface area contributed by atoms with Crippen LogP contribution in [-0.4, -0.2) is 15.1 Å². The molecule has 0 spiro atoms. The molecule has 1 aromatic heterocycles. The second kappa shape index (κ2) is 5.38. The topological polar surface area (TPSA) is 108 Å². The Morgan fingerprint density at radius 1 is 1.40 bits per heavy atom. The maximum Gasteiger partial charge on any atom is 0.282 e. The minimum atomic E-state index is -0.471. The van der Waals surface area contributed by atoms with E-state index in [1.54, 1.807) is 12.1 Å². The molecule has 2 rings (SSSR count). The highest BCUT2D eigenvalue weighted by molar-refractivity contribution is 5.67. The molecule has 0 saturated carbocycles. The second-order valence-corrected chi connectivity index (χ2v) is 5.01. The lowest BCUT2D eigenvalue weighted by atomic mass is 10.1. The van der Waals surface area contributed by atoms with E-state index in [2.05, 4.69) is 10.1 Å². The first-order chi connectivity index (χ1) is 9.40. The summed E-state index contributed by atoms with van der Waals surface area (Å²) in [5.41, 5.74) is 7.06. The van der Waals surface area contributed by atoms with E-state index in [0.717, 1.165) is 5.56 Å². The third-order valence-electron chi connectivity index (χ3n) is 3.04. The van der Waals surface area contributed by atoms with Crippen LogP contribution in [0.5, 0.6) is 0 Å². The Labute approximate surface area is 115 Å². The summed E-state index contributed by atoms with van der Waals surface area (Å²) in [6.45, 7) is 5.72. The molecule has 0 saturated heterocycles. The molecule has 0 aliphatic carbocycles. The maximum atomic E-state index is 11.0. The highest BCUT2D eigenvalue weighted by atomic mass is 16.6. The van der Waals surface area contributed by atoms with E-state index in [0.29, 0.717) is 11.4 Å². The molecule has 1 aromatic carbocycles. The standard InChI is InChI=1S/C13H16N4O3/c1-7(2)11(14)12-15-13(20-16-12)9-6-8(3)4-5-10(9)17(18)19/h4-7,11H,14H2,1-3H3. The minimum absolute atomic E-state index is 0.0658. The van der Waals surface area contributed by atoms with E-state index in [4.69, 9.17) is 10.3 Å². The van der Waals surface area contributed by atoms with Crippen LogP contribution in [-0.2, 0) is 0 Å². The Balaban J connectivity index is 2.47. The van der Waals surface area contributed by atoms with Crippen LogP contribution < -0.4 is 5.73 Å². The molecule has 7 nitrogen and oxygen atoms in total. The highest BCUT2D eigenvalue weighted by Gasteiger charge is 2.23. The van der Waals surface area contributed by atoms with Gasteiger partial charge >= 0.3 is 0 Å². The fourth-order valence-corrected chi connectivity index (χ4v) is 1.76. The molecule has 0 radical (unpaired) electrons. The van der Waals surface area contributed by atoms with E-state index in [9.17, 15) is 10.1 Å². The fourth-order valence-electron chi connectivity index (χ4n) is 1.76. The number of hydrogen-bond acceptors (Lipinski definition) is 6. The number of nitro groups is 1. The minimum Gasteiger partial charge on any atom is -0.334 e. The third kappa shape index (κ3) is 2.67. The van der Waals surface area contributed by atoms with E-state index < -0.39 is 4.92 Å². The van der Waals surface area contributed by atoms with Gasteiger partial charge in [0.25, 0.3) is 11.6 Å². The predicted octanol–water partition coefficient (Wildman–Crippen LogP) is 2.61. The molecular weight excluding hydrogens is 260 g/mol. The molecule has 20 heavy (non-hydrogen) atoms. The summed E-state index contributed by atoms with van der Waals surface area (Å²) in [5, 5.41) is 14.9. The summed E-state index contributed by atoms with van der Waals surface area (Å²) >= 11 is 0. The number of nitrogens with two attached hydrogens (primary N) is 1. The number of rotatable bonds is 4. The summed E-state index contributed by atoms with van der Waals surface area (Å²) in [5.74, 6) is 0.616. The smallest absolute Gasteiger partial charge is 0.282 e. The molecule has 0 aliphatic rings. The number of aryl methyl sites for hydroxylation is 1. The zero-order chi connectivity index (χ0) is 14.9. The van der Waals surface area contributed by atoms with Crippen molar-refractivity contribution in [2.75, 3.05) is 0 Å². The van der Waals surface area contributed by atoms with Crippen molar-refractivity contribution in [1.82, 2.24) is 10.1 Å². The van der Waals surface area contributed by atoms with Gasteiger partial charge < -0.3 is 10.3 Å². The molecule has 2 N–H and O–H groups in total. The summed E-state index contributed by atoms with van der Waals surface area (Å²) in [6.07, 6.45) is 0. The Kier molecular flexibility index (Phi) is 3.80. The normalized spacial score (nSPS) is 12.7. The number of hydrogen-bond donors (Lipinski definition) is 1. The molecule has 2 aromatic rings. The second-order valence-electron chi connectivity index (χ2n) is 5.01. The molecular formula is C13H16N4O3. The molecule has 106 valence electrons. The quantitative estimate of drug-likeness (QED) is 0.679. The van der Waals surface area contributed by atoms with E-state index in [1.165, 1.54) is 6.07 Å². The number of benzene rings is 1. The number of nitrogens with zero attached hydrogens (tertiary/aromatic N) is 3. The zero-order valence-electron chi connectivity index (χ0n) is 11.5. The molecule has 0 bridgehead atoms. The van der Waals surface area contributed by atoms with Crippen LogP contribution in [0.1, 0.15) is 31.3 Å². The number of aromatic nitrogens is 2. The van der Waals surface area contributed by atoms with Gasteiger partial charge in [-0.05, 0) is 24.5 Å². The van der Waals surface area contributed by atoms with Crippen molar-refractivity contribution in [3.8, 4) is 11.5 Å². The van der Waals surface area contributed by atoms with Gasteiger partial charge in [0.15, 0.2) is 5.82 Å². The Hall–Kier alpha value is -2.28.